The molecule has 2 aromatic rings. The van der Waals surface area contributed by atoms with E-state index in [4.69, 9.17) is 5.11 Å². The zero-order chi connectivity index (χ0) is 15.1. The molecule has 0 bridgehead atoms. The highest BCUT2D eigenvalue weighted by Gasteiger charge is 2.06. The van der Waals surface area contributed by atoms with Gasteiger partial charge in [0.1, 0.15) is 5.82 Å². The number of hydrogen-bond donors (Lipinski definition) is 2. The van der Waals surface area contributed by atoms with E-state index in [-0.39, 0.29) is 12.3 Å². The molecule has 1 aromatic heterocycles. The molecule has 0 saturated heterocycles. The van der Waals surface area contributed by atoms with E-state index in [0.29, 0.717) is 0 Å². The van der Waals surface area contributed by atoms with Gasteiger partial charge in [0, 0.05) is 30.7 Å². The minimum absolute atomic E-state index is 0.0777. The lowest BCUT2D eigenvalue weighted by atomic mass is 10.2. The van der Waals surface area contributed by atoms with Crippen molar-refractivity contribution in [2.45, 2.75) is 25.7 Å². The highest BCUT2D eigenvalue weighted by Crippen LogP contribution is 2.21. The molecule has 0 radical (unpaired) electrons. The van der Waals surface area contributed by atoms with Crippen LogP contribution in [0, 0.1) is 10.1 Å². The van der Waals surface area contributed by atoms with E-state index in [1.807, 2.05) is 12.1 Å². The molecule has 2 N–H and O–H groups in total. The maximum Gasteiger partial charge on any atom is 0.270 e. The monoisotopic (exact) mass is 289 g/mol. The predicted octanol–water partition coefficient (Wildman–Crippen LogP) is 3.11. The van der Waals surface area contributed by atoms with E-state index in [9.17, 15) is 10.1 Å². The zero-order valence-electron chi connectivity index (χ0n) is 11.8. The molecule has 0 spiro atoms. The third-order valence-electron chi connectivity index (χ3n) is 3.27. The second-order valence-electron chi connectivity index (χ2n) is 4.90. The number of aliphatic hydroxyl groups is 1. The number of anilines is 1. The molecule has 6 heteroatoms. The number of pyridine rings is 1. The van der Waals surface area contributed by atoms with Gasteiger partial charge < -0.3 is 10.4 Å². The fourth-order valence-corrected chi connectivity index (χ4v) is 2.13. The third kappa shape index (κ3) is 4.39. The predicted molar refractivity (Wildman–Crippen MR) is 82.4 cm³/mol. The van der Waals surface area contributed by atoms with Crippen LogP contribution < -0.4 is 5.32 Å². The number of unbranched alkanes of at least 4 members (excludes halogenated alkanes) is 3. The maximum absolute atomic E-state index is 10.7. The number of nitro benzene ring substituents is 1. The van der Waals surface area contributed by atoms with Gasteiger partial charge in [0.15, 0.2) is 0 Å². The van der Waals surface area contributed by atoms with Crippen LogP contribution in [0.2, 0.25) is 0 Å². The van der Waals surface area contributed by atoms with Crippen molar-refractivity contribution in [3.63, 3.8) is 0 Å². The number of benzene rings is 1. The van der Waals surface area contributed by atoms with Gasteiger partial charge in [-0.25, -0.2) is 4.98 Å². The quantitative estimate of drug-likeness (QED) is 0.443. The Morgan fingerprint density at radius 2 is 1.95 bits per heavy atom. The first kappa shape index (κ1) is 15.2. The van der Waals surface area contributed by atoms with Gasteiger partial charge in [-0.2, -0.15) is 0 Å². The summed E-state index contributed by atoms with van der Waals surface area (Å²) in [6.45, 7) is 1.09. The van der Waals surface area contributed by atoms with Gasteiger partial charge in [0.25, 0.3) is 5.69 Å². The van der Waals surface area contributed by atoms with Gasteiger partial charge in [0.05, 0.1) is 10.4 Å². The number of aliphatic hydroxyl groups excluding tert-OH is 1. The number of nitrogens with zero attached hydrogens (tertiary/aromatic N) is 2. The number of fused-ring (bicyclic) bond motifs is 1. The van der Waals surface area contributed by atoms with Crippen molar-refractivity contribution in [2.24, 2.45) is 0 Å². The van der Waals surface area contributed by atoms with Crippen molar-refractivity contribution in [2.75, 3.05) is 18.5 Å². The Balaban J connectivity index is 1.93. The third-order valence-corrected chi connectivity index (χ3v) is 3.27. The summed E-state index contributed by atoms with van der Waals surface area (Å²) in [5, 5.41) is 23.4. The molecule has 6 nitrogen and oxygen atoms in total. The number of non-ortho nitro benzene ring substituents is 1. The second-order valence-corrected chi connectivity index (χ2v) is 4.90. The van der Waals surface area contributed by atoms with Crippen molar-refractivity contribution in [1.82, 2.24) is 4.98 Å². The minimum atomic E-state index is -0.405. The Bertz CT molecular complexity index is 616. The Morgan fingerprint density at radius 1 is 1.14 bits per heavy atom. The van der Waals surface area contributed by atoms with Gasteiger partial charge in [-0.05, 0) is 31.0 Å². The molecular formula is C15H19N3O3. The van der Waals surface area contributed by atoms with Crippen LogP contribution in [0.15, 0.2) is 30.3 Å². The number of hydrogen-bond acceptors (Lipinski definition) is 5. The average molecular weight is 289 g/mol. The normalized spacial score (nSPS) is 10.7. The molecule has 1 aromatic carbocycles. The Kier molecular flexibility index (Phi) is 5.45. The Morgan fingerprint density at radius 3 is 2.71 bits per heavy atom. The van der Waals surface area contributed by atoms with Crippen LogP contribution in [0.3, 0.4) is 0 Å². The molecule has 0 aliphatic rings. The summed E-state index contributed by atoms with van der Waals surface area (Å²) in [5.41, 5.74) is 0.819. The lowest BCUT2D eigenvalue weighted by Crippen LogP contribution is -2.03. The second kappa shape index (κ2) is 7.54. The fraction of sp³-hybridized carbons (Fsp3) is 0.400. The molecule has 21 heavy (non-hydrogen) atoms. The van der Waals surface area contributed by atoms with Gasteiger partial charge in [-0.1, -0.05) is 12.8 Å². The minimum Gasteiger partial charge on any atom is -0.396 e. The van der Waals surface area contributed by atoms with Crippen LogP contribution in [0.4, 0.5) is 11.5 Å². The first-order valence-electron chi connectivity index (χ1n) is 7.10. The van der Waals surface area contributed by atoms with Crippen LogP contribution in [0.5, 0.6) is 0 Å². The van der Waals surface area contributed by atoms with Crippen molar-refractivity contribution in [3.8, 4) is 0 Å². The summed E-state index contributed by atoms with van der Waals surface area (Å²) in [6, 6.07) is 8.33. The molecular weight excluding hydrogens is 270 g/mol. The van der Waals surface area contributed by atoms with E-state index in [0.717, 1.165) is 48.9 Å². The molecule has 0 fully saturated rings. The lowest BCUT2D eigenvalue weighted by Gasteiger charge is -2.06. The molecule has 0 aliphatic carbocycles. The van der Waals surface area contributed by atoms with Crippen LogP contribution in [-0.2, 0) is 0 Å². The number of aromatic nitrogens is 1. The highest BCUT2D eigenvalue weighted by atomic mass is 16.6. The smallest absolute Gasteiger partial charge is 0.270 e. The van der Waals surface area contributed by atoms with Crippen molar-refractivity contribution in [1.29, 1.82) is 0 Å². The highest BCUT2D eigenvalue weighted by molar-refractivity contribution is 5.82. The van der Waals surface area contributed by atoms with Crippen molar-refractivity contribution in [3.05, 3.63) is 40.4 Å². The van der Waals surface area contributed by atoms with Crippen LogP contribution >= 0.6 is 0 Å². The number of nitrogens with one attached hydrogen (secondary N) is 1. The molecule has 0 amide bonds. The van der Waals surface area contributed by atoms with Crippen LogP contribution in [0.25, 0.3) is 10.9 Å². The van der Waals surface area contributed by atoms with E-state index in [1.165, 1.54) is 12.1 Å². The molecule has 0 atom stereocenters. The first-order chi connectivity index (χ1) is 10.2. The summed E-state index contributed by atoms with van der Waals surface area (Å²) >= 11 is 0. The number of nitro groups is 1. The summed E-state index contributed by atoms with van der Waals surface area (Å²) in [6.07, 6.45) is 3.99. The first-order valence-corrected chi connectivity index (χ1v) is 7.10. The average Bonchev–Trinajstić information content (AvgIpc) is 2.50. The maximum atomic E-state index is 10.7. The SMILES string of the molecule is O=[N+]([O-])c1ccc2nc(NCCCCCCO)ccc2c1. The molecule has 0 unspecified atom stereocenters. The largest absolute Gasteiger partial charge is 0.396 e. The Labute approximate surface area is 123 Å². The molecule has 0 aliphatic heterocycles. The molecule has 2 rings (SSSR count). The van der Waals surface area contributed by atoms with Gasteiger partial charge in [-0.15, -0.1) is 0 Å². The van der Waals surface area contributed by atoms with Crippen molar-refractivity contribution >= 4 is 22.4 Å². The topological polar surface area (TPSA) is 88.3 Å². The van der Waals surface area contributed by atoms with Crippen LogP contribution in [0.1, 0.15) is 25.7 Å². The summed E-state index contributed by atoms with van der Waals surface area (Å²) in [5.74, 6) is 0.776. The Hall–Kier alpha value is -2.21. The van der Waals surface area contributed by atoms with E-state index < -0.39 is 4.92 Å². The summed E-state index contributed by atoms with van der Waals surface area (Å²) < 4.78 is 0. The van der Waals surface area contributed by atoms with Crippen LogP contribution in [-0.4, -0.2) is 28.2 Å². The lowest BCUT2D eigenvalue weighted by molar-refractivity contribution is -0.384. The summed E-state index contributed by atoms with van der Waals surface area (Å²) in [4.78, 5) is 14.7. The number of rotatable bonds is 8. The van der Waals surface area contributed by atoms with E-state index >= 15 is 0 Å². The standard InChI is InChI=1S/C15H19N3O3/c19-10-4-2-1-3-9-16-15-8-5-12-11-13(18(20)21)6-7-14(12)17-15/h5-8,11,19H,1-4,9-10H2,(H,16,17). The molecule has 112 valence electrons. The van der Waals surface area contributed by atoms with Gasteiger partial charge in [0.2, 0.25) is 0 Å². The molecule has 1 heterocycles. The fourth-order valence-electron chi connectivity index (χ4n) is 2.13. The van der Waals surface area contributed by atoms with Crippen molar-refractivity contribution < 1.29 is 10.0 Å². The molecule has 0 saturated carbocycles. The van der Waals surface area contributed by atoms with Gasteiger partial charge >= 0.3 is 0 Å². The van der Waals surface area contributed by atoms with E-state index in [2.05, 4.69) is 10.3 Å². The summed E-state index contributed by atoms with van der Waals surface area (Å²) in [7, 11) is 0. The zero-order valence-corrected chi connectivity index (χ0v) is 11.8. The van der Waals surface area contributed by atoms with Gasteiger partial charge in [-0.3, -0.25) is 10.1 Å². The van der Waals surface area contributed by atoms with E-state index in [1.54, 1.807) is 6.07 Å².